The molecule has 1 atom stereocenters. The number of hydrogen-bond acceptors (Lipinski definition) is 5. The van der Waals surface area contributed by atoms with Crippen molar-refractivity contribution in [3.05, 3.63) is 47.0 Å². The molecular weight excluding hydrogens is 482 g/mol. The van der Waals surface area contributed by atoms with Gasteiger partial charge in [0.15, 0.2) is 0 Å². The van der Waals surface area contributed by atoms with Crippen LogP contribution in [-0.2, 0) is 11.3 Å². The summed E-state index contributed by atoms with van der Waals surface area (Å²) in [6.07, 6.45) is 1.76. The molecule has 1 aromatic carbocycles. The quantitative estimate of drug-likeness (QED) is 0.615. The number of anilines is 1. The van der Waals surface area contributed by atoms with Crippen LogP contribution in [0.3, 0.4) is 0 Å². The fourth-order valence-electron chi connectivity index (χ4n) is 4.56. The number of hydrogen-bond donors (Lipinski definition) is 2. The lowest BCUT2D eigenvalue weighted by Crippen LogP contribution is -2.59. The number of imidazole rings is 1. The maximum atomic E-state index is 13.4. The van der Waals surface area contributed by atoms with Crippen LogP contribution in [0.15, 0.2) is 30.5 Å². The van der Waals surface area contributed by atoms with Gasteiger partial charge in [0.05, 0.1) is 18.4 Å². The Balaban J connectivity index is 1.27. The highest BCUT2D eigenvalue weighted by atomic mass is 35.5. The molecule has 0 aliphatic carbocycles. The predicted molar refractivity (Wildman–Crippen MR) is 138 cm³/mol. The first kappa shape index (κ1) is 26.0. The number of nitrogens with zero attached hydrogens (tertiary/aromatic N) is 5. The lowest BCUT2D eigenvalue weighted by Gasteiger charge is -2.39. The number of benzene rings is 1. The molecule has 1 saturated heterocycles. The van der Waals surface area contributed by atoms with Crippen LogP contribution in [0.2, 0.25) is 5.02 Å². The zero-order valence-electron chi connectivity index (χ0n) is 21.3. The van der Waals surface area contributed by atoms with Crippen molar-refractivity contribution < 1.29 is 14.4 Å². The molecule has 10 nitrogen and oxygen atoms in total. The molecule has 0 spiro atoms. The Bertz CT molecular complexity index is 1120. The summed E-state index contributed by atoms with van der Waals surface area (Å²) in [4.78, 5) is 48.8. The lowest BCUT2D eigenvalue weighted by molar-refractivity contribution is -0.137. The topological polar surface area (TPSA) is 103 Å². The van der Waals surface area contributed by atoms with Crippen LogP contribution in [0.25, 0.3) is 0 Å². The molecule has 2 aliphatic rings. The summed E-state index contributed by atoms with van der Waals surface area (Å²) in [7, 11) is 0. The monoisotopic (exact) mass is 515 g/mol. The molecule has 11 heteroatoms. The number of piperazine rings is 1. The van der Waals surface area contributed by atoms with Crippen LogP contribution >= 0.6 is 11.6 Å². The summed E-state index contributed by atoms with van der Waals surface area (Å²) < 4.78 is 1.67. The fourth-order valence-corrected chi connectivity index (χ4v) is 4.69. The molecule has 0 unspecified atom stereocenters. The van der Waals surface area contributed by atoms with Crippen LogP contribution in [0.5, 0.6) is 0 Å². The molecule has 1 fully saturated rings. The van der Waals surface area contributed by atoms with Gasteiger partial charge in [-0.2, -0.15) is 0 Å². The van der Waals surface area contributed by atoms with Crippen molar-refractivity contribution in [1.82, 2.24) is 29.6 Å². The van der Waals surface area contributed by atoms with Gasteiger partial charge in [-0.05, 0) is 36.6 Å². The number of carbonyl (C=O) groups is 3. The first-order valence-electron chi connectivity index (χ1n) is 12.2. The standard InChI is InChI=1S/C25H34ClN7O3/c1-17-27-15-20-16-32(24(36)33(17)20)14-11-30-9-12-31(13-10-30)22(34)21(25(2,3)4)29-23(35)28-19-7-5-18(26)6-8-19/h5-8,15,21H,9-14,16H2,1-4H3,(H2,28,29,35)/t21-/m0/s1. The van der Waals surface area contributed by atoms with Crippen molar-refractivity contribution in [1.29, 1.82) is 0 Å². The Kier molecular flexibility index (Phi) is 7.56. The summed E-state index contributed by atoms with van der Waals surface area (Å²) in [6.45, 7) is 12.2. The van der Waals surface area contributed by atoms with Gasteiger partial charge < -0.3 is 20.4 Å². The van der Waals surface area contributed by atoms with Crippen molar-refractivity contribution in [2.45, 2.75) is 40.3 Å². The molecule has 4 rings (SSSR count). The van der Waals surface area contributed by atoms with Crippen LogP contribution < -0.4 is 10.6 Å². The van der Waals surface area contributed by atoms with E-state index < -0.39 is 17.5 Å². The SMILES string of the molecule is Cc1ncc2n1C(=O)N(CCN1CCN(C(=O)[C@H](NC(=O)Nc3ccc(Cl)cc3)C(C)(C)C)CC1)C2. The minimum Gasteiger partial charge on any atom is -0.338 e. The average molecular weight is 516 g/mol. The van der Waals surface area contributed by atoms with Gasteiger partial charge in [-0.25, -0.2) is 14.6 Å². The third-order valence-corrected chi connectivity index (χ3v) is 6.94. The molecule has 1 aromatic heterocycles. The van der Waals surface area contributed by atoms with Crippen molar-refractivity contribution >= 4 is 35.3 Å². The molecular formula is C25H34ClN7O3. The van der Waals surface area contributed by atoms with Crippen molar-refractivity contribution in [3.63, 3.8) is 0 Å². The summed E-state index contributed by atoms with van der Waals surface area (Å²) in [5.74, 6) is 0.624. The molecule has 2 N–H and O–H groups in total. The summed E-state index contributed by atoms with van der Waals surface area (Å²) in [5, 5.41) is 6.21. The molecule has 0 radical (unpaired) electrons. The van der Waals surface area contributed by atoms with Gasteiger partial charge in [-0.3, -0.25) is 14.3 Å². The maximum absolute atomic E-state index is 13.4. The Morgan fingerprint density at radius 1 is 1.08 bits per heavy atom. The number of halogens is 1. The molecule has 194 valence electrons. The molecule has 4 amide bonds. The summed E-state index contributed by atoms with van der Waals surface area (Å²) in [6, 6.07) is 5.67. The van der Waals surface area contributed by atoms with Crippen LogP contribution in [0, 0.1) is 12.3 Å². The van der Waals surface area contributed by atoms with E-state index in [0.717, 1.165) is 12.2 Å². The number of aromatic nitrogens is 2. The Morgan fingerprint density at radius 3 is 2.36 bits per heavy atom. The number of amides is 4. The highest BCUT2D eigenvalue weighted by molar-refractivity contribution is 6.30. The van der Waals surface area contributed by atoms with E-state index in [9.17, 15) is 14.4 Å². The van der Waals surface area contributed by atoms with E-state index in [1.54, 1.807) is 35.0 Å². The van der Waals surface area contributed by atoms with Gasteiger partial charge in [0.2, 0.25) is 5.91 Å². The van der Waals surface area contributed by atoms with E-state index in [0.29, 0.717) is 55.8 Å². The zero-order chi connectivity index (χ0) is 26.0. The molecule has 2 aromatic rings. The third-order valence-electron chi connectivity index (χ3n) is 6.69. The normalized spacial score (nSPS) is 17.2. The third kappa shape index (κ3) is 5.82. The second-order valence-electron chi connectivity index (χ2n) is 10.4. The molecule has 0 saturated carbocycles. The Morgan fingerprint density at radius 2 is 1.75 bits per heavy atom. The molecule has 3 heterocycles. The van der Waals surface area contributed by atoms with Gasteiger partial charge in [-0.1, -0.05) is 32.4 Å². The van der Waals surface area contributed by atoms with Gasteiger partial charge >= 0.3 is 12.1 Å². The van der Waals surface area contributed by atoms with Crippen molar-refractivity contribution in [2.75, 3.05) is 44.6 Å². The smallest absolute Gasteiger partial charge is 0.330 e. The van der Waals surface area contributed by atoms with Gasteiger partial charge in [0.1, 0.15) is 11.9 Å². The van der Waals surface area contributed by atoms with Gasteiger partial charge in [0.25, 0.3) is 0 Å². The fraction of sp³-hybridized carbons (Fsp3) is 0.520. The van der Waals surface area contributed by atoms with Crippen LogP contribution in [0.4, 0.5) is 15.3 Å². The van der Waals surface area contributed by atoms with E-state index >= 15 is 0 Å². The first-order valence-corrected chi connectivity index (χ1v) is 12.6. The lowest BCUT2D eigenvalue weighted by atomic mass is 9.85. The number of carbonyl (C=O) groups excluding carboxylic acids is 3. The van der Waals surface area contributed by atoms with Crippen molar-refractivity contribution in [2.24, 2.45) is 5.41 Å². The van der Waals surface area contributed by atoms with E-state index in [1.165, 1.54) is 0 Å². The minimum atomic E-state index is -0.676. The number of rotatable bonds is 6. The zero-order valence-corrected chi connectivity index (χ0v) is 22.0. The first-order chi connectivity index (χ1) is 17.0. The number of nitrogens with one attached hydrogen (secondary N) is 2. The van der Waals surface area contributed by atoms with E-state index in [2.05, 4.69) is 20.5 Å². The van der Waals surface area contributed by atoms with E-state index in [1.807, 2.05) is 37.5 Å². The molecule has 2 aliphatic heterocycles. The minimum absolute atomic E-state index is 0.0233. The maximum Gasteiger partial charge on any atom is 0.330 e. The highest BCUT2D eigenvalue weighted by Crippen LogP contribution is 2.23. The van der Waals surface area contributed by atoms with E-state index in [4.69, 9.17) is 11.6 Å². The predicted octanol–water partition coefficient (Wildman–Crippen LogP) is 3.01. The summed E-state index contributed by atoms with van der Waals surface area (Å²) >= 11 is 5.91. The van der Waals surface area contributed by atoms with Gasteiger partial charge in [0, 0.05) is 50.0 Å². The Hall–Kier alpha value is -3.11. The highest BCUT2D eigenvalue weighted by Gasteiger charge is 2.37. The number of urea groups is 1. The number of aryl methyl sites for hydroxylation is 1. The molecule has 0 bridgehead atoms. The second kappa shape index (κ2) is 10.5. The van der Waals surface area contributed by atoms with Crippen molar-refractivity contribution in [3.8, 4) is 0 Å². The van der Waals surface area contributed by atoms with Crippen LogP contribution in [-0.4, -0.2) is 87.5 Å². The Labute approximate surface area is 216 Å². The van der Waals surface area contributed by atoms with E-state index in [-0.39, 0.29) is 11.9 Å². The number of fused-ring (bicyclic) bond motifs is 1. The average Bonchev–Trinajstić information content (AvgIpc) is 3.35. The van der Waals surface area contributed by atoms with Crippen LogP contribution in [0.1, 0.15) is 32.3 Å². The summed E-state index contributed by atoms with van der Waals surface area (Å²) in [5.41, 5.74) is 1.06. The van der Waals surface area contributed by atoms with Gasteiger partial charge in [-0.15, -0.1) is 0 Å². The molecule has 36 heavy (non-hydrogen) atoms. The largest absolute Gasteiger partial charge is 0.338 e. The second-order valence-corrected chi connectivity index (χ2v) is 10.8.